The number of H-pyrrole nitrogens is 1. The van der Waals surface area contributed by atoms with Crippen LogP contribution in [0.15, 0.2) is 48.8 Å². The summed E-state index contributed by atoms with van der Waals surface area (Å²) in [7, 11) is -3.29. The summed E-state index contributed by atoms with van der Waals surface area (Å²) in [5.74, 6) is 1.39. The fourth-order valence-electron chi connectivity index (χ4n) is 4.50. The van der Waals surface area contributed by atoms with Crippen molar-refractivity contribution in [3.63, 3.8) is 0 Å². The second kappa shape index (κ2) is 8.05. The molecule has 9 nitrogen and oxygen atoms in total. The van der Waals surface area contributed by atoms with Crippen molar-refractivity contribution in [2.45, 2.75) is 50.0 Å². The lowest BCUT2D eigenvalue weighted by Crippen LogP contribution is -2.18. The Morgan fingerprint density at radius 1 is 1.12 bits per heavy atom. The first kappa shape index (κ1) is 21.0. The van der Waals surface area contributed by atoms with Crippen molar-refractivity contribution < 1.29 is 13.2 Å². The van der Waals surface area contributed by atoms with Crippen molar-refractivity contribution >= 4 is 32.3 Å². The molecule has 0 atom stereocenters. The molecule has 2 aromatic heterocycles. The van der Waals surface area contributed by atoms with E-state index in [-0.39, 0.29) is 5.25 Å². The van der Waals surface area contributed by atoms with Gasteiger partial charge in [-0.1, -0.05) is 12.1 Å². The van der Waals surface area contributed by atoms with Gasteiger partial charge in [0.2, 0.25) is 10.0 Å². The number of benzene rings is 2. The summed E-state index contributed by atoms with van der Waals surface area (Å²) in [6.45, 7) is 0.302. The Hall–Kier alpha value is -3.53. The molecule has 34 heavy (non-hydrogen) atoms. The maximum absolute atomic E-state index is 12.3. The number of nitrogens with two attached hydrogens (primary N) is 1. The van der Waals surface area contributed by atoms with Gasteiger partial charge in [0.1, 0.15) is 18.7 Å². The summed E-state index contributed by atoms with van der Waals surface area (Å²) in [6, 6.07) is 13.8. The number of fused-ring (bicyclic) bond motifs is 1. The Labute approximate surface area is 197 Å². The van der Waals surface area contributed by atoms with Crippen LogP contribution in [0.3, 0.4) is 0 Å². The van der Waals surface area contributed by atoms with E-state index in [2.05, 4.69) is 24.5 Å². The predicted octanol–water partition coefficient (Wildman–Crippen LogP) is 4.22. The quantitative estimate of drug-likeness (QED) is 0.348. The third kappa shape index (κ3) is 3.77. The number of aromatic nitrogens is 4. The number of hydrogen-bond donors (Lipinski definition) is 3. The molecule has 2 fully saturated rings. The summed E-state index contributed by atoms with van der Waals surface area (Å²) in [5, 5.41) is 7.37. The molecular weight excluding hydrogens is 452 g/mol. The van der Waals surface area contributed by atoms with Gasteiger partial charge in [0, 0.05) is 28.7 Å². The lowest BCUT2D eigenvalue weighted by molar-refractivity contribution is 0.296. The van der Waals surface area contributed by atoms with E-state index in [0.717, 1.165) is 59.3 Å². The van der Waals surface area contributed by atoms with Crippen LogP contribution >= 0.6 is 0 Å². The molecule has 4 aromatic rings. The van der Waals surface area contributed by atoms with Gasteiger partial charge in [-0.05, 0) is 56.4 Å². The second-order valence-corrected chi connectivity index (χ2v) is 11.0. The van der Waals surface area contributed by atoms with Crippen LogP contribution in [-0.2, 0) is 16.6 Å². The van der Waals surface area contributed by atoms with Gasteiger partial charge in [0.25, 0.3) is 0 Å². The van der Waals surface area contributed by atoms with E-state index < -0.39 is 10.0 Å². The third-order valence-corrected chi connectivity index (χ3v) is 8.55. The molecule has 0 spiro atoms. The molecule has 0 amide bonds. The molecule has 0 saturated heterocycles. The lowest BCUT2D eigenvalue weighted by atomic mass is 9.92. The van der Waals surface area contributed by atoms with E-state index in [9.17, 15) is 8.42 Å². The van der Waals surface area contributed by atoms with Gasteiger partial charge in [-0.2, -0.15) is 5.10 Å². The van der Waals surface area contributed by atoms with Gasteiger partial charge < -0.3 is 15.0 Å². The zero-order chi connectivity index (χ0) is 23.3. The number of ether oxygens (including phenoxy) is 1. The highest BCUT2D eigenvalue weighted by Gasteiger charge is 2.35. The highest BCUT2D eigenvalue weighted by Crippen LogP contribution is 2.45. The molecule has 10 heteroatoms. The molecule has 176 valence electrons. The summed E-state index contributed by atoms with van der Waals surface area (Å²) < 4.78 is 35.5. The number of sulfonamides is 1. The molecule has 0 bridgehead atoms. The first-order valence-corrected chi connectivity index (χ1v) is 13.1. The standard InChI is InChI=1S/C24H26N6O3S/c25-23-20-11-8-18(33-13-22-26-14-27-28-22)12-21(20)30(17-2-1-3-17)24(23)15-4-6-16(7-5-15)29-34(31,32)19-9-10-19/h4-8,11-12,14,17,19,29H,1-3,9-10,13,25H2,(H,26,27,28). The average Bonchev–Trinajstić information content (AvgIpc) is 3.47. The Morgan fingerprint density at radius 2 is 1.91 bits per heavy atom. The highest BCUT2D eigenvalue weighted by atomic mass is 32.2. The van der Waals surface area contributed by atoms with Crippen molar-refractivity contribution in [1.82, 2.24) is 19.7 Å². The summed E-state index contributed by atoms with van der Waals surface area (Å²) in [4.78, 5) is 4.10. The first-order valence-electron chi connectivity index (χ1n) is 11.5. The largest absolute Gasteiger partial charge is 0.486 e. The topological polar surface area (TPSA) is 128 Å². The number of nitrogen functional groups attached to an aromatic ring is 1. The van der Waals surface area contributed by atoms with Crippen molar-refractivity contribution in [2.75, 3.05) is 10.5 Å². The van der Waals surface area contributed by atoms with Crippen LogP contribution in [0.4, 0.5) is 11.4 Å². The number of aromatic amines is 1. The number of anilines is 2. The van der Waals surface area contributed by atoms with Crippen molar-refractivity contribution in [1.29, 1.82) is 0 Å². The smallest absolute Gasteiger partial charge is 0.235 e. The minimum absolute atomic E-state index is 0.260. The highest BCUT2D eigenvalue weighted by molar-refractivity contribution is 7.93. The number of hydrogen-bond acceptors (Lipinski definition) is 6. The van der Waals surface area contributed by atoms with E-state index in [0.29, 0.717) is 24.2 Å². The third-order valence-electron chi connectivity index (χ3n) is 6.68. The van der Waals surface area contributed by atoms with Crippen LogP contribution in [-0.4, -0.2) is 33.4 Å². The first-order chi connectivity index (χ1) is 16.5. The molecule has 2 aromatic carbocycles. The van der Waals surface area contributed by atoms with Gasteiger partial charge in [0.05, 0.1) is 22.1 Å². The molecule has 2 heterocycles. The number of rotatable bonds is 8. The van der Waals surface area contributed by atoms with Gasteiger partial charge in [-0.15, -0.1) is 0 Å². The van der Waals surface area contributed by atoms with E-state index in [1.807, 2.05) is 42.5 Å². The van der Waals surface area contributed by atoms with Gasteiger partial charge in [-0.25, -0.2) is 13.4 Å². The maximum atomic E-state index is 12.3. The second-order valence-electron chi connectivity index (χ2n) is 9.04. The zero-order valence-electron chi connectivity index (χ0n) is 18.6. The van der Waals surface area contributed by atoms with Gasteiger partial charge in [-0.3, -0.25) is 9.82 Å². The Kier molecular flexibility index (Phi) is 4.98. The van der Waals surface area contributed by atoms with Crippen LogP contribution in [0.1, 0.15) is 44.0 Å². The summed E-state index contributed by atoms with van der Waals surface area (Å²) >= 11 is 0. The molecule has 2 aliphatic rings. The lowest BCUT2D eigenvalue weighted by Gasteiger charge is -2.30. The molecule has 4 N–H and O–H groups in total. The van der Waals surface area contributed by atoms with Crippen LogP contribution in [0.2, 0.25) is 0 Å². The maximum Gasteiger partial charge on any atom is 0.235 e. The van der Waals surface area contributed by atoms with E-state index in [4.69, 9.17) is 10.5 Å². The molecule has 2 aliphatic carbocycles. The molecule has 0 unspecified atom stereocenters. The van der Waals surface area contributed by atoms with Crippen LogP contribution in [0.5, 0.6) is 5.75 Å². The van der Waals surface area contributed by atoms with Crippen molar-refractivity contribution in [3.8, 4) is 17.0 Å². The van der Waals surface area contributed by atoms with Crippen LogP contribution < -0.4 is 15.2 Å². The van der Waals surface area contributed by atoms with Crippen LogP contribution in [0, 0.1) is 0 Å². The van der Waals surface area contributed by atoms with Crippen molar-refractivity contribution in [2.24, 2.45) is 0 Å². The zero-order valence-corrected chi connectivity index (χ0v) is 19.4. The fourth-order valence-corrected chi connectivity index (χ4v) is 5.89. The van der Waals surface area contributed by atoms with E-state index in [1.165, 1.54) is 12.7 Å². The number of nitrogens with one attached hydrogen (secondary N) is 2. The minimum atomic E-state index is -3.29. The average molecular weight is 479 g/mol. The van der Waals surface area contributed by atoms with Crippen LogP contribution in [0.25, 0.3) is 22.2 Å². The van der Waals surface area contributed by atoms with Gasteiger partial charge >= 0.3 is 0 Å². The van der Waals surface area contributed by atoms with Crippen molar-refractivity contribution in [3.05, 3.63) is 54.6 Å². The Balaban J connectivity index is 1.36. The molecule has 6 rings (SSSR count). The molecule has 2 saturated carbocycles. The normalized spacial score (nSPS) is 16.5. The fraction of sp³-hybridized carbons (Fsp3) is 0.333. The van der Waals surface area contributed by atoms with E-state index >= 15 is 0 Å². The Morgan fingerprint density at radius 3 is 2.56 bits per heavy atom. The monoisotopic (exact) mass is 478 g/mol. The minimum Gasteiger partial charge on any atom is -0.486 e. The molecular formula is C24H26N6O3S. The summed E-state index contributed by atoms with van der Waals surface area (Å²) in [5.41, 5.74) is 10.9. The summed E-state index contributed by atoms with van der Waals surface area (Å²) in [6.07, 6.45) is 6.30. The molecule has 0 radical (unpaired) electrons. The SMILES string of the molecule is Nc1c(-c2ccc(NS(=O)(=O)C3CC3)cc2)n(C2CCC2)c2cc(OCc3ncn[nH]3)ccc12. The molecule has 0 aliphatic heterocycles. The number of nitrogens with zero attached hydrogens (tertiary/aromatic N) is 3. The van der Waals surface area contributed by atoms with E-state index in [1.54, 1.807) is 0 Å². The van der Waals surface area contributed by atoms with Gasteiger partial charge in [0.15, 0.2) is 5.82 Å². The Bertz CT molecular complexity index is 1440. The predicted molar refractivity (Wildman–Crippen MR) is 131 cm³/mol.